The number of nitrogens with one attached hydrogen (secondary N) is 2. The van der Waals surface area contributed by atoms with Crippen molar-refractivity contribution in [3.8, 4) is 5.75 Å². The first kappa shape index (κ1) is 16.7. The van der Waals surface area contributed by atoms with E-state index in [-0.39, 0.29) is 17.5 Å². The van der Waals surface area contributed by atoms with Crippen LogP contribution in [0.2, 0.25) is 0 Å². The van der Waals surface area contributed by atoms with E-state index in [1.54, 1.807) is 12.1 Å². The molecule has 5 heteroatoms. The summed E-state index contributed by atoms with van der Waals surface area (Å²) >= 11 is 5.43. The topological polar surface area (TPSA) is 33.3 Å². The van der Waals surface area contributed by atoms with Crippen LogP contribution in [0.5, 0.6) is 5.75 Å². The summed E-state index contributed by atoms with van der Waals surface area (Å²) < 4.78 is 19.1. The highest BCUT2D eigenvalue weighted by Gasteiger charge is 2.34. The normalized spacial score (nSPS) is 18.2. The second kappa shape index (κ2) is 6.40. The zero-order valence-corrected chi connectivity index (χ0v) is 14.8. The average Bonchev–Trinajstić information content (AvgIpc) is 2.49. The number of ether oxygens (including phenoxy) is 1. The molecule has 1 aliphatic heterocycles. The van der Waals surface area contributed by atoms with Crippen LogP contribution in [0.4, 0.5) is 10.1 Å². The van der Waals surface area contributed by atoms with Gasteiger partial charge < -0.3 is 15.4 Å². The van der Waals surface area contributed by atoms with E-state index >= 15 is 0 Å². The molecule has 0 amide bonds. The summed E-state index contributed by atoms with van der Waals surface area (Å²) in [4.78, 5) is 0. The van der Waals surface area contributed by atoms with Gasteiger partial charge in [-0.05, 0) is 63.3 Å². The third kappa shape index (κ3) is 3.85. The van der Waals surface area contributed by atoms with Crippen LogP contribution in [0.15, 0.2) is 42.5 Å². The van der Waals surface area contributed by atoms with Crippen molar-refractivity contribution in [2.24, 2.45) is 0 Å². The minimum absolute atomic E-state index is 0.0594. The van der Waals surface area contributed by atoms with Crippen molar-refractivity contribution in [1.82, 2.24) is 5.32 Å². The van der Waals surface area contributed by atoms with Gasteiger partial charge in [0.25, 0.3) is 0 Å². The van der Waals surface area contributed by atoms with E-state index in [9.17, 15) is 4.39 Å². The first-order valence-corrected chi connectivity index (χ1v) is 8.36. The molecule has 0 bridgehead atoms. The molecule has 0 saturated carbocycles. The molecule has 3 nitrogen and oxygen atoms in total. The van der Waals surface area contributed by atoms with Gasteiger partial charge in [0.1, 0.15) is 17.2 Å². The maximum atomic E-state index is 13.0. The molecule has 0 unspecified atom stereocenters. The molecule has 2 N–H and O–H groups in total. The lowest BCUT2D eigenvalue weighted by Crippen LogP contribution is -2.42. The Morgan fingerprint density at radius 2 is 1.92 bits per heavy atom. The largest absolute Gasteiger partial charge is 0.487 e. The number of anilines is 1. The van der Waals surface area contributed by atoms with E-state index in [0.29, 0.717) is 5.11 Å². The monoisotopic (exact) mass is 344 g/mol. The first-order valence-electron chi connectivity index (χ1n) is 7.95. The number of halogens is 1. The van der Waals surface area contributed by atoms with Crippen molar-refractivity contribution in [3.05, 3.63) is 59.4 Å². The second-order valence-electron chi connectivity index (χ2n) is 6.77. The fourth-order valence-corrected chi connectivity index (χ4v) is 3.22. The minimum Gasteiger partial charge on any atom is -0.487 e. The summed E-state index contributed by atoms with van der Waals surface area (Å²) in [6.45, 7) is 6.20. The molecule has 0 radical (unpaired) electrons. The number of benzene rings is 2. The molecule has 2 aromatic carbocycles. The number of thiocarbonyl (C=S) groups is 1. The number of aryl methyl sites for hydroxylation is 1. The van der Waals surface area contributed by atoms with Crippen LogP contribution in [-0.2, 0) is 0 Å². The Labute approximate surface area is 147 Å². The smallest absolute Gasteiger partial charge is 0.171 e. The number of rotatable bonds is 2. The summed E-state index contributed by atoms with van der Waals surface area (Å²) in [6.07, 6.45) is 0.800. The summed E-state index contributed by atoms with van der Waals surface area (Å²) in [5.74, 6) is 0.619. The summed E-state index contributed by atoms with van der Waals surface area (Å²) in [7, 11) is 0. The summed E-state index contributed by atoms with van der Waals surface area (Å²) in [5.41, 5.74) is 2.77. The maximum Gasteiger partial charge on any atom is 0.171 e. The average molecular weight is 344 g/mol. The third-order valence-corrected chi connectivity index (χ3v) is 4.25. The Hall–Kier alpha value is -2.14. The molecule has 3 rings (SSSR count). The molecule has 1 aliphatic rings. The standard InChI is InChI=1S/C19H21FN2OS/c1-12-4-9-17-15(10-12)16(11-19(2,3)23-17)22-18(24)21-14-7-5-13(20)6-8-14/h4-10,16H,11H2,1-3H3,(H2,21,22,24)/t16-/m0/s1. The third-order valence-electron chi connectivity index (χ3n) is 4.03. The van der Waals surface area contributed by atoms with Crippen molar-refractivity contribution in [2.75, 3.05) is 5.32 Å². The molecule has 2 aromatic rings. The van der Waals surface area contributed by atoms with Crippen LogP contribution in [-0.4, -0.2) is 10.7 Å². The van der Waals surface area contributed by atoms with E-state index in [1.165, 1.54) is 17.7 Å². The molecule has 0 spiro atoms. The summed E-state index contributed by atoms with van der Waals surface area (Å²) in [6, 6.07) is 12.4. The van der Waals surface area contributed by atoms with Gasteiger partial charge in [-0.2, -0.15) is 0 Å². The van der Waals surface area contributed by atoms with Gasteiger partial charge in [-0.25, -0.2) is 4.39 Å². The van der Waals surface area contributed by atoms with Crippen molar-refractivity contribution < 1.29 is 9.13 Å². The van der Waals surface area contributed by atoms with Crippen LogP contribution in [0.3, 0.4) is 0 Å². The Balaban J connectivity index is 1.77. The molecular weight excluding hydrogens is 323 g/mol. The van der Waals surface area contributed by atoms with Gasteiger partial charge in [0.15, 0.2) is 5.11 Å². The van der Waals surface area contributed by atoms with Crippen LogP contribution >= 0.6 is 12.2 Å². The van der Waals surface area contributed by atoms with Gasteiger partial charge in [0.05, 0.1) is 6.04 Å². The lowest BCUT2D eigenvalue weighted by molar-refractivity contribution is 0.0696. The molecular formula is C19H21FN2OS. The number of hydrogen-bond acceptors (Lipinski definition) is 2. The predicted molar refractivity (Wildman–Crippen MR) is 99.0 cm³/mol. The van der Waals surface area contributed by atoms with E-state index in [1.807, 2.05) is 12.1 Å². The number of hydrogen-bond donors (Lipinski definition) is 2. The second-order valence-corrected chi connectivity index (χ2v) is 7.17. The Bertz CT molecular complexity index is 758. The van der Waals surface area contributed by atoms with E-state index in [0.717, 1.165) is 23.4 Å². The van der Waals surface area contributed by atoms with Gasteiger partial charge >= 0.3 is 0 Å². The van der Waals surface area contributed by atoms with Crippen molar-refractivity contribution >= 4 is 23.0 Å². The number of fused-ring (bicyclic) bond motifs is 1. The molecule has 0 aliphatic carbocycles. The quantitative estimate of drug-likeness (QED) is 0.772. The van der Waals surface area contributed by atoms with Gasteiger partial charge in [-0.3, -0.25) is 0 Å². The van der Waals surface area contributed by atoms with Gasteiger partial charge in [0, 0.05) is 17.7 Å². The molecule has 126 valence electrons. The Morgan fingerprint density at radius 1 is 1.21 bits per heavy atom. The minimum atomic E-state index is -0.272. The zero-order valence-electron chi connectivity index (χ0n) is 14.0. The van der Waals surface area contributed by atoms with Gasteiger partial charge in [0.2, 0.25) is 0 Å². The van der Waals surface area contributed by atoms with E-state index in [4.69, 9.17) is 17.0 Å². The van der Waals surface area contributed by atoms with Crippen LogP contribution in [0.25, 0.3) is 0 Å². The molecule has 1 heterocycles. The van der Waals surface area contributed by atoms with E-state index < -0.39 is 0 Å². The highest BCUT2D eigenvalue weighted by atomic mass is 32.1. The van der Waals surface area contributed by atoms with Gasteiger partial charge in [-0.15, -0.1) is 0 Å². The predicted octanol–water partition coefficient (Wildman–Crippen LogP) is 4.72. The Kier molecular flexibility index (Phi) is 4.45. The molecule has 24 heavy (non-hydrogen) atoms. The lowest BCUT2D eigenvalue weighted by Gasteiger charge is -2.38. The van der Waals surface area contributed by atoms with Crippen LogP contribution < -0.4 is 15.4 Å². The molecule has 0 aromatic heterocycles. The van der Waals surface area contributed by atoms with Crippen molar-refractivity contribution in [1.29, 1.82) is 0 Å². The SMILES string of the molecule is Cc1ccc2c(c1)[C@@H](NC(=S)Nc1ccc(F)cc1)CC(C)(C)O2. The van der Waals surface area contributed by atoms with E-state index in [2.05, 4.69) is 37.5 Å². The summed E-state index contributed by atoms with van der Waals surface area (Å²) in [5, 5.41) is 6.98. The maximum absolute atomic E-state index is 13.0. The Morgan fingerprint density at radius 3 is 2.62 bits per heavy atom. The fraction of sp³-hybridized carbons (Fsp3) is 0.316. The van der Waals surface area contributed by atoms with Crippen LogP contribution in [0.1, 0.15) is 37.4 Å². The highest BCUT2D eigenvalue weighted by Crippen LogP contribution is 2.39. The van der Waals surface area contributed by atoms with Crippen LogP contribution in [0, 0.1) is 12.7 Å². The lowest BCUT2D eigenvalue weighted by atomic mass is 9.89. The fourth-order valence-electron chi connectivity index (χ4n) is 2.96. The first-order chi connectivity index (χ1) is 11.3. The molecule has 1 atom stereocenters. The molecule has 0 fully saturated rings. The van der Waals surface area contributed by atoms with Gasteiger partial charge in [-0.1, -0.05) is 17.7 Å². The molecule has 0 saturated heterocycles. The van der Waals surface area contributed by atoms with Crippen molar-refractivity contribution in [2.45, 2.75) is 38.8 Å². The van der Waals surface area contributed by atoms with Crippen molar-refractivity contribution in [3.63, 3.8) is 0 Å². The highest BCUT2D eigenvalue weighted by molar-refractivity contribution is 7.80. The zero-order chi connectivity index (χ0) is 17.3.